The molecule has 0 unspecified atom stereocenters. The minimum absolute atomic E-state index is 0.00266. The summed E-state index contributed by atoms with van der Waals surface area (Å²) >= 11 is 6.84. The number of hydrogen-bond donors (Lipinski definition) is 0. The maximum Gasteiger partial charge on any atom is 0.269 e. The number of nitrogens with zero attached hydrogens (tertiary/aromatic N) is 3. The molecule has 0 bridgehead atoms. The molecule has 0 amide bonds. The van der Waals surface area contributed by atoms with Gasteiger partial charge in [0.2, 0.25) is 0 Å². The fraction of sp³-hybridized carbons (Fsp3) is 0. The molecule has 0 radical (unpaired) electrons. The monoisotopic (exact) mass is 265 g/mol. The summed E-state index contributed by atoms with van der Waals surface area (Å²) in [6.45, 7) is 0. The topological polar surface area (TPSA) is 79.8 Å². The van der Waals surface area contributed by atoms with Crippen LogP contribution in [0.3, 0.4) is 0 Å². The normalized spacial score (nSPS) is 9.88. The van der Waals surface area contributed by atoms with Gasteiger partial charge < -0.3 is 0 Å². The highest BCUT2D eigenvalue weighted by atomic mass is 35.5. The Balaban J connectivity index is 2.47. The molecule has 0 spiro atoms. The van der Waals surface area contributed by atoms with Crippen LogP contribution in [0.15, 0.2) is 24.3 Å². The van der Waals surface area contributed by atoms with E-state index in [1.165, 1.54) is 12.1 Å². The van der Waals surface area contributed by atoms with Crippen molar-refractivity contribution in [2.75, 3.05) is 0 Å². The quantitative estimate of drug-likeness (QED) is 0.617. The van der Waals surface area contributed by atoms with E-state index in [2.05, 4.69) is 4.37 Å². The Hall–Kier alpha value is -1.97. The number of nitriles is 1. The molecule has 1 aromatic carbocycles. The van der Waals surface area contributed by atoms with E-state index in [1.807, 2.05) is 6.07 Å². The van der Waals surface area contributed by atoms with Crippen molar-refractivity contribution in [3.63, 3.8) is 0 Å². The van der Waals surface area contributed by atoms with E-state index >= 15 is 0 Å². The smallest absolute Gasteiger partial charge is 0.258 e. The number of nitro benzene ring substituents is 1. The zero-order chi connectivity index (χ0) is 12.4. The molecule has 2 aromatic rings. The van der Waals surface area contributed by atoms with E-state index in [0.717, 1.165) is 11.5 Å². The van der Waals surface area contributed by atoms with Crippen LogP contribution in [0.4, 0.5) is 5.69 Å². The fourth-order valence-corrected chi connectivity index (χ4v) is 2.33. The van der Waals surface area contributed by atoms with Crippen LogP contribution in [0.25, 0.3) is 10.4 Å². The summed E-state index contributed by atoms with van der Waals surface area (Å²) in [7, 11) is 0. The zero-order valence-electron chi connectivity index (χ0n) is 8.25. The third-order valence-electron chi connectivity index (χ3n) is 2.10. The molecule has 1 aromatic heterocycles. The lowest BCUT2D eigenvalue weighted by molar-refractivity contribution is -0.384. The summed E-state index contributed by atoms with van der Waals surface area (Å²) in [4.78, 5) is 10.6. The average molecular weight is 266 g/mol. The molecular formula is C10H4ClN3O2S. The average Bonchev–Trinajstić information content (AvgIpc) is 2.70. The Bertz CT molecular complexity index is 615. The largest absolute Gasteiger partial charge is 0.269 e. The van der Waals surface area contributed by atoms with Gasteiger partial charge in [-0.1, -0.05) is 11.6 Å². The second-order valence-electron chi connectivity index (χ2n) is 3.09. The van der Waals surface area contributed by atoms with Crippen molar-refractivity contribution in [1.82, 2.24) is 4.37 Å². The van der Waals surface area contributed by atoms with Crippen LogP contribution < -0.4 is 0 Å². The molecule has 5 nitrogen and oxygen atoms in total. The summed E-state index contributed by atoms with van der Waals surface area (Å²) in [5.74, 6) is 0. The van der Waals surface area contributed by atoms with Crippen molar-refractivity contribution in [3.8, 4) is 16.5 Å². The van der Waals surface area contributed by atoms with E-state index in [4.69, 9.17) is 16.9 Å². The molecule has 0 fully saturated rings. The van der Waals surface area contributed by atoms with Gasteiger partial charge in [0.1, 0.15) is 11.6 Å². The summed E-state index contributed by atoms with van der Waals surface area (Å²) < 4.78 is 3.87. The van der Waals surface area contributed by atoms with Crippen LogP contribution in [-0.4, -0.2) is 9.30 Å². The van der Waals surface area contributed by atoms with Crippen LogP contribution in [0, 0.1) is 21.4 Å². The first-order valence-corrected chi connectivity index (χ1v) is 5.58. The predicted molar refractivity (Wildman–Crippen MR) is 63.9 cm³/mol. The number of halogens is 1. The van der Waals surface area contributed by atoms with E-state index in [9.17, 15) is 10.1 Å². The first kappa shape index (κ1) is 11.5. The lowest BCUT2D eigenvalue weighted by Crippen LogP contribution is -1.87. The standard InChI is InChI=1S/C10H4ClN3O2S/c11-10-8(5-12)9(17-13-10)6-1-3-7(4-2-6)14(15)16/h1-4H. The molecule has 0 aliphatic rings. The SMILES string of the molecule is N#Cc1c(Cl)nsc1-c1ccc([N+](=O)[O-])cc1. The molecule has 2 rings (SSSR count). The van der Waals surface area contributed by atoms with Gasteiger partial charge >= 0.3 is 0 Å². The molecule has 0 aliphatic carbocycles. The minimum atomic E-state index is -0.478. The highest BCUT2D eigenvalue weighted by Crippen LogP contribution is 2.33. The molecule has 0 saturated heterocycles. The summed E-state index contributed by atoms with van der Waals surface area (Å²) in [5.41, 5.74) is 0.991. The second kappa shape index (κ2) is 4.49. The van der Waals surface area contributed by atoms with Crippen LogP contribution in [0.2, 0.25) is 5.15 Å². The highest BCUT2D eigenvalue weighted by Gasteiger charge is 2.14. The van der Waals surface area contributed by atoms with Gasteiger partial charge in [0.05, 0.1) is 9.80 Å². The Labute approximate surface area is 105 Å². The highest BCUT2D eigenvalue weighted by molar-refractivity contribution is 7.10. The number of benzene rings is 1. The molecule has 0 saturated carbocycles. The minimum Gasteiger partial charge on any atom is -0.258 e. The van der Waals surface area contributed by atoms with Crippen LogP contribution in [0.1, 0.15) is 5.56 Å². The first-order chi connectivity index (χ1) is 8.13. The predicted octanol–water partition coefficient (Wildman–Crippen LogP) is 3.24. The van der Waals surface area contributed by atoms with Crippen molar-refractivity contribution >= 4 is 28.8 Å². The lowest BCUT2D eigenvalue weighted by Gasteiger charge is -1.97. The van der Waals surface area contributed by atoms with Crippen LogP contribution in [0.5, 0.6) is 0 Å². The third kappa shape index (κ3) is 2.11. The van der Waals surface area contributed by atoms with E-state index in [-0.39, 0.29) is 10.8 Å². The van der Waals surface area contributed by atoms with Crippen LogP contribution in [-0.2, 0) is 0 Å². The maximum absolute atomic E-state index is 10.5. The van der Waals surface area contributed by atoms with Crippen molar-refractivity contribution < 1.29 is 4.92 Å². The van der Waals surface area contributed by atoms with Gasteiger partial charge in [-0.25, -0.2) is 0 Å². The van der Waals surface area contributed by atoms with E-state index in [1.54, 1.807) is 12.1 Å². The Kier molecular flexibility index (Phi) is 3.04. The maximum atomic E-state index is 10.5. The Morgan fingerprint density at radius 2 is 2.06 bits per heavy atom. The zero-order valence-corrected chi connectivity index (χ0v) is 9.83. The van der Waals surface area contributed by atoms with Crippen molar-refractivity contribution in [2.24, 2.45) is 0 Å². The number of non-ortho nitro benzene ring substituents is 1. The number of rotatable bonds is 2. The Morgan fingerprint density at radius 3 is 2.59 bits per heavy atom. The summed E-state index contributed by atoms with van der Waals surface area (Å²) in [5, 5.41) is 19.6. The van der Waals surface area contributed by atoms with Gasteiger partial charge in [0, 0.05) is 12.1 Å². The van der Waals surface area contributed by atoms with Crippen molar-refractivity contribution in [1.29, 1.82) is 5.26 Å². The fourth-order valence-electron chi connectivity index (χ4n) is 1.30. The van der Waals surface area contributed by atoms with E-state index < -0.39 is 4.92 Å². The van der Waals surface area contributed by atoms with Crippen LogP contribution >= 0.6 is 23.1 Å². The second-order valence-corrected chi connectivity index (χ2v) is 4.22. The van der Waals surface area contributed by atoms with Gasteiger partial charge in [-0.2, -0.15) is 9.64 Å². The number of hydrogen-bond acceptors (Lipinski definition) is 5. The van der Waals surface area contributed by atoms with Gasteiger partial charge in [-0.05, 0) is 29.2 Å². The number of aromatic nitrogens is 1. The van der Waals surface area contributed by atoms with E-state index in [0.29, 0.717) is 16.0 Å². The molecule has 17 heavy (non-hydrogen) atoms. The van der Waals surface area contributed by atoms with Crippen molar-refractivity contribution in [3.05, 3.63) is 45.1 Å². The molecule has 0 aliphatic heterocycles. The molecular weight excluding hydrogens is 262 g/mol. The molecule has 1 heterocycles. The molecule has 7 heteroatoms. The molecule has 0 atom stereocenters. The van der Waals surface area contributed by atoms with Gasteiger partial charge in [0.15, 0.2) is 5.15 Å². The van der Waals surface area contributed by atoms with Gasteiger partial charge in [-0.15, -0.1) is 0 Å². The Morgan fingerprint density at radius 1 is 1.41 bits per heavy atom. The molecule has 84 valence electrons. The van der Waals surface area contributed by atoms with Gasteiger partial charge in [-0.3, -0.25) is 10.1 Å². The number of nitro groups is 1. The third-order valence-corrected chi connectivity index (χ3v) is 3.37. The van der Waals surface area contributed by atoms with Gasteiger partial charge in [0.25, 0.3) is 5.69 Å². The van der Waals surface area contributed by atoms with Crippen molar-refractivity contribution in [2.45, 2.75) is 0 Å². The summed E-state index contributed by atoms with van der Waals surface area (Å²) in [6.07, 6.45) is 0. The molecule has 0 N–H and O–H groups in total. The summed E-state index contributed by atoms with van der Waals surface area (Å²) in [6, 6.07) is 7.86. The lowest BCUT2D eigenvalue weighted by atomic mass is 10.1. The first-order valence-electron chi connectivity index (χ1n) is 4.43.